The second-order valence-corrected chi connectivity index (χ2v) is 8.70. The number of nitrogens with zero attached hydrogens (tertiary/aromatic N) is 2. The van der Waals surface area contributed by atoms with E-state index in [4.69, 9.17) is 13.4 Å². The van der Waals surface area contributed by atoms with Crippen molar-refractivity contribution in [1.82, 2.24) is 0 Å². The fourth-order valence-corrected chi connectivity index (χ4v) is 4.34. The molecule has 0 saturated carbocycles. The Bertz CT molecular complexity index is 1150. The number of benzene rings is 2. The third-order valence-electron chi connectivity index (χ3n) is 3.62. The number of rotatable bonds is 10. The van der Waals surface area contributed by atoms with E-state index in [1.807, 2.05) is 12.1 Å². The summed E-state index contributed by atoms with van der Waals surface area (Å²) >= 11 is 2.04. The van der Waals surface area contributed by atoms with E-state index in [0.717, 1.165) is 4.88 Å². The van der Waals surface area contributed by atoms with Crippen molar-refractivity contribution in [1.29, 1.82) is 0 Å². The van der Waals surface area contributed by atoms with E-state index in [1.54, 1.807) is 74.5 Å². The molecule has 0 aliphatic carbocycles. The van der Waals surface area contributed by atoms with Gasteiger partial charge in [0.25, 0.3) is 0 Å². The van der Waals surface area contributed by atoms with Crippen LogP contribution in [0.5, 0.6) is 11.5 Å². The molecule has 0 unspecified atom stereocenters. The molecular weight excluding hydrogens is 460 g/mol. The molecule has 3 rings (SSSR count). The zero-order chi connectivity index (χ0) is 22.1. The van der Waals surface area contributed by atoms with Gasteiger partial charge in [0.1, 0.15) is 5.75 Å². The van der Waals surface area contributed by atoms with Crippen molar-refractivity contribution in [2.24, 2.45) is 8.80 Å². The van der Waals surface area contributed by atoms with Gasteiger partial charge in [0.15, 0.2) is 18.0 Å². The molecule has 0 fully saturated rings. The van der Waals surface area contributed by atoms with E-state index in [-0.39, 0.29) is 5.75 Å². The Morgan fingerprint density at radius 2 is 1.42 bits per heavy atom. The SMILES string of the molecule is C/C(=N\SOOOc1ccccc1)c1ccc(/C(C)=N/S(=O)(=O)Oc2ccccc2)s1. The van der Waals surface area contributed by atoms with Gasteiger partial charge in [0.2, 0.25) is 0 Å². The third-order valence-corrected chi connectivity index (χ3v) is 6.29. The molecule has 0 aliphatic rings. The summed E-state index contributed by atoms with van der Waals surface area (Å²) in [6.07, 6.45) is 0. The molecule has 0 radical (unpaired) electrons. The van der Waals surface area contributed by atoms with Crippen LogP contribution in [0.3, 0.4) is 0 Å². The minimum absolute atomic E-state index is 0.199. The molecule has 0 atom stereocenters. The zero-order valence-electron chi connectivity index (χ0n) is 16.5. The first-order valence-electron chi connectivity index (χ1n) is 8.86. The molecule has 162 valence electrons. The highest BCUT2D eigenvalue weighted by atomic mass is 32.2. The summed E-state index contributed by atoms with van der Waals surface area (Å²) in [4.78, 5) is 6.40. The maximum Gasteiger partial charge on any atom is 0.428 e. The topological polar surface area (TPSA) is 95.8 Å². The van der Waals surface area contributed by atoms with Crippen LogP contribution in [0.15, 0.2) is 81.6 Å². The molecular formula is C20H18N2O6S3. The third kappa shape index (κ3) is 7.49. The normalized spacial score (nSPS) is 12.6. The second kappa shape index (κ2) is 11.1. The van der Waals surface area contributed by atoms with E-state index < -0.39 is 10.3 Å². The molecule has 0 aliphatic heterocycles. The first-order valence-corrected chi connectivity index (χ1v) is 11.7. The fourth-order valence-electron chi connectivity index (χ4n) is 2.21. The Balaban J connectivity index is 1.55. The number of hydrogen-bond acceptors (Lipinski definition) is 9. The number of thiophene rings is 1. The van der Waals surface area contributed by atoms with Crippen molar-refractivity contribution >= 4 is 45.3 Å². The van der Waals surface area contributed by atoms with Crippen LogP contribution in [0.1, 0.15) is 23.6 Å². The summed E-state index contributed by atoms with van der Waals surface area (Å²) < 4.78 is 42.0. The molecule has 0 spiro atoms. The van der Waals surface area contributed by atoms with E-state index >= 15 is 0 Å². The molecule has 31 heavy (non-hydrogen) atoms. The lowest BCUT2D eigenvalue weighted by molar-refractivity contribution is -0.403. The molecule has 8 nitrogen and oxygen atoms in total. The maximum atomic E-state index is 12.2. The first kappa shape index (κ1) is 23.0. The predicted octanol–water partition coefficient (Wildman–Crippen LogP) is 5.20. The minimum atomic E-state index is -4.13. The standard InChI is InChI=1S/C20H18N2O6S3/c1-15(21-30-28-27-25-17-9-5-3-6-10-17)19-13-14-20(29-19)16(2)22-31(23,24)26-18-11-7-4-8-12-18/h3-14H,1-2H3/b21-15+,22-16+. The Morgan fingerprint density at radius 1 is 0.839 bits per heavy atom. The summed E-state index contributed by atoms with van der Waals surface area (Å²) in [7, 11) is -4.13. The Labute approximate surface area is 188 Å². The van der Waals surface area contributed by atoms with Crippen LogP contribution in [0.2, 0.25) is 0 Å². The first-order chi connectivity index (χ1) is 14.9. The highest BCUT2D eigenvalue weighted by Gasteiger charge is 2.14. The van der Waals surface area contributed by atoms with Gasteiger partial charge in [-0.25, -0.2) is 0 Å². The van der Waals surface area contributed by atoms with Crippen molar-refractivity contribution < 1.29 is 26.9 Å². The van der Waals surface area contributed by atoms with Gasteiger partial charge in [-0.05, 0) is 50.2 Å². The van der Waals surface area contributed by atoms with E-state index in [9.17, 15) is 8.42 Å². The van der Waals surface area contributed by atoms with E-state index in [1.165, 1.54) is 11.3 Å². The van der Waals surface area contributed by atoms with Crippen LogP contribution in [-0.2, 0) is 19.7 Å². The summed E-state index contributed by atoms with van der Waals surface area (Å²) in [5.41, 5.74) is 0.962. The van der Waals surface area contributed by atoms with Gasteiger partial charge in [-0.1, -0.05) is 40.7 Å². The molecule has 11 heteroatoms. The van der Waals surface area contributed by atoms with E-state index in [2.05, 4.69) is 13.8 Å². The summed E-state index contributed by atoms with van der Waals surface area (Å²) in [6.45, 7) is 3.38. The van der Waals surface area contributed by atoms with Crippen molar-refractivity contribution in [3.63, 3.8) is 0 Å². The van der Waals surface area contributed by atoms with Crippen LogP contribution in [0.4, 0.5) is 0 Å². The minimum Gasteiger partial charge on any atom is -0.366 e. The van der Waals surface area contributed by atoms with Crippen LogP contribution in [0, 0.1) is 0 Å². The van der Waals surface area contributed by atoms with Crippen molar-refractivity contribution in [3.05, 3.63) is 82.6 Å². The van der Waals surface area contributed by atoms with Gasteiger partial charge in [-0.3, -0.25) is 0 Å². The quantitative estimate of drug-likeness (QED) is 0.0987. The van der Waals surface area contributed by atoms with Gasteiger partial charge in [-0.2, -0.15) is 12.8 Å². The highest BCUT2D eigenvalue weighted by Crippen LogP contribution is 2.21. The Hall–Kier alpha value is -2.70. The highest BCUT2D eigenvalue weighted by molar-refractivity contribution is 7.93. The maximum absolute atomic E-state index is 12.2. The molecule has 1 heterocycles. The average Bonchev–Trinajstić information content (AvgIpc) is 3.25. The van der Waals surface area contributed by atoms with Crippen molar-refractivity contribution in [2.45, 2.75) is 13.8 Å². The smallest absolute Gasteiger partial charge is 0.366 e. The lowest BCUT2D eigenvalue weighted by Gasteiger charge is -2.03. The van der Waals surface area contributed by atoms with Gasteiger partial charge in [0, 0.05) is 14.8 Å². The number of hydrogen-bond donors (Lipinski definition) is 0. The molecule has 2 aromatic carbocycles. The largest absolute Gasteiger partial charge is 0.428 e. The van der Waals surface area contributed by atoms with E-state index in [0.29, 0.717) is 34.3 Å². The monoisotopic (exact) mass is 478 g/mol. The molecule has 3 aromatic rings. The van der Waals surface area contributed by atoms with Crippen molar-refractivity contribution in [3.8, 4) is 11.5 Å². The summed E-state index contributed by atoms with van der Waals surface area (Å²) in [5.74, 6) is 0.692. The second-order valence-electron chi connectivity index (χ2n) is 5.95. The lowest BCUT2D eigenvalue weighted by Crippen LogP contribution is -2.08. The fraction of sp³-hybridized carbons (Fsp3) is 0.100. The summed E-state index contributed by atoms with van der Waals surface area (Å²) in [5, 5.41) is 4.61. The van der Waals surface area contributed by atoms with Gasteiger partial charge < -0.3 is 9.07 Å². The van der Waals surface area contributed by atoms with Crippen LogP contribution in [-0.4, -0.2) is 19.8 Å². The van der Waals surface area contributed by atoms with Gasteiger partial charge in [-0.15, -0.1) is 15.7 Å². The summed E-state index contributed by atoms with van der Waals surface area (Å²) in [6, 6.07) is 20.6. The average molecular weight is 479 g/mol. The van der Waals surface area contributed by atoms with Gasteiger partial charge >= 0.3 is 10.3 Å². The van der Waals surface area contributed by atoms with Crippen LogP contribution < -0.4 is 9.07 Å². The molecule has 0 N–H and O–H groups in total. The molecule has 0 saturated heterocycles. The number of para-hydroxylation sites is 2. The van der Waals surface area contributed by atoms with Gasteiger partial charge in [0.05, 0.1) is 11.4 Å². The predicted molar refractivity (Wildman–Crippen MR) is 122 cm³/mol. The Morgan fingerprint density at radius 3 is 2.06 bits per heavy atom. The van der Waals surface area contributed by atoms with Crippen LogP contribution in [0.25, 0.3) is 0 Å². The lowest BCUT2D eigenvalue weighted by atomic mass is 10.3. The zero-order valence-corrected chi connectivity index (χ0v) is 18.9. The molecule has 1 aromatic heterocycles. The molecule has 0 amide bonds. The molecule has 0 bridgehead atoms. The Kier molecular flexibility index (Phi) is 8.20. The van der Waals surface area contributed by atoms with Crippen molar-refractivity contribution in [2.75, 3.05) is 0 Å². The van der Waals surface area contributed by atoms with Crippen LogP contribution >= 0.6 is 23.6 Å².